The van der Waals surface area contributed by atoms with Crippen LogP contribution in [0.5, 0.6) is 6.01 Å². The maximum Gasteiger partial charge on any atom is 0.319 e. The van der Waals surface area contributed by atoms with Crippen molar-refractivity contribution in [3.8, 4) is 6.01 Å². The Morgan fingerprint density at radius 2 is 1.86 bits per heavy atom. The molecule has 2 aliphatic rings. The lowest BCUT2D eigenvalue weighted by Crippen LogP contribution is -2.47. The van der Waals surface area contributed by atoms with Crippen molar-refractivity contribution in [3.05, 3.63) is 12.7 Å². The minimum atomic E-state index is -0.179. The maximum absolute atomic E-state index is 6.70. The number of ether oxygens (including phenoxy) is 2. The van der Waals surface area contributed by atoms with Crippen LogP contribution in [0.25, 0.3) is 0 Å². The molecule has 3 atom stereocenters. The molecule has 21 heavy (non-hydrogen) atoms. The summed E-state index contributed by atoms with van der Waals surface area (Å²) in [4.78, 5) is 12.0. The van der Waals surface area contributed by atoms with Crippen LogP contribution in [0.15, 0.2) is 12.7 Å². The van der Waals surface area contributed by atoms with Crippen molar-refractivity contribution in [2.45, 2.75) is 76.6 Å². The number of aromatic nitrogens is 3. The molecule has 5 nitrogen and oxygen atoms in total. The first-order valence-corrected chi connectivity index (χ1v) is 8.17. The van der Waals surface area contributed by atoms with Crippen LogP contribution in [0, 0.1) is 5.92 Å². The topological polar surface area (TPSA) is 57.1 Å². The van der Waals surface area contributed by atoms with E-state index in [0.29, 0.717) is 11.9 Å². The zero-order valence-corrected chi connectivity index (χ0v) is 13.2. The summed E-state index contributed by atoms with van der Waals surface area (Å²) in [7, 11) is 0. The number of hydrogen-bond donors (Lipinski definition) is 0. The predicted molar refractivity (Wildman–Crippen MR) is 79.0 cm³/mol. The molecule has 0 amide bonds. The average molecular weight is 291 g/mol. The largest absolute Gasteiger partial charge is 0.457 e. The van der Waals surface area contributed by atoms with Crippen LogP contribution in [0.3, 0.4) is 0 Å². The molecule has 116 valence electrons. The summed E-state index contributed by atoms with van der Waals surface area (Å²) in [6.07, 6.45) is 9.41. The van der Waals surface area contributed by atoms with Crippen molar-refractivity contribution in [3.63, 3.8) is 0 Å². The van der Waals surface area contributed by atoms with Crippen LogP contribution < -0.4 is 4.74 Å². The molecule has 0 N–H and O–H groups in total. The fraction of sp³-hybridized carbons (Fsp3) is 0.812. The monoisotopic (exact) mass is 291 g/mol. The van der Waals surface area contributed by atoms with Gasteiger partial charge in [-0.3, -0.25) is 0 Å². The normalized spacial score (nSPS) is 33.9. The van der Waals surface area contributed by atoms with Gasteiger partial charge in [0, 0.05) is 0 Å². The minimum absolute atomic E-state index is 0.0349. The number of hydrogen-bond acceptors (Lipinski definition) is 5. The summed E-state index contributed by atoms with van der Waals surface area (Å²) in [6.45, 7) is 6.69. The van der Waals surface area contributed by atoms with Gasteiger partial charge in [0.1, 0.15) is 24.4 Å². The van der Waals surface area contributed by atoms with Crippen molar-refractivity contribution in [1.29, 1.82) is 0 Å². The van der Waals surface area contributed by atoms with Gasteiger partial charge in [-0.1, -0.05) is 20.8 Å². The summed E-state index contributed by atoms with van der Waals surface area (Å²) < 4.78 is 12.8. The Kier molecular flexibility index (Phi) is 3.86. The lowest BCUT2D eigenvalue weighted by molar-refractivity contribution is -0.151. The highest BCUT2D eigenvalue weighted by atomic mass is 16.6. The van der Waals surface area contributed by atoms with Crippen molar-refractivity contribution < 1.29 is 9.47 Å². The summed E-state index contributed by atoms with van der Waals surface area (Å²) in [6, 6.07) is 0.412. The van der Waals surface area contributed by atoms with Gasteiger partial charge in [-0.15, -0.1) is 0 Å². The molecule has 1 aliphatic heterocycles. The number of nitrogens with zero attached hydrogens (tertiary/aromatic N) is 3. The van der Waals surface area contributed by atoms with Crippen LogP contribution in [0.1, 0.15) is 59.3 Å². The van der Waals surface area contributed by atoms with Crippen LogP contribution in [0.4, 0.5) is 0 Å². The van der Waals surface area contributed by atoms with Crippen LogP contribution in [-0.4, -0.2) is 32.3 Å². The number of rotatable bonds is 5. The molecule has 1 saturated carbocycles. The van der Waals surface area contributed by atoms with Gasteiger partial charge in [0.05, 0.1) is 5.60 Å². The predicted octanol–water partition coefficient (Wildman–Crippen LogP) is 3.16. The molecule has 3 rings (SSSR count). The molecule has 0 radical (unpaired) electrons. The average Bonchev–Trinajstić information content (AvgIpc) is 2.82. The second kappa shape index (κ2) is 5.52. The third-order valence-corrected chi connectivity index (χ3v) is 5.62. The summed E-state index contributed by atoms with van der Waals surface area (Å²) >= 11 is 0. The van der Waals surface area contributed by atoms with Crippen molar-refractivity contribution >= 4 is 0 Å². The molecule has 0 spiro atoms. The molecule has 1 saturated heterocycles. The van der Waals surface area contributed by atoms with Crippen LogP contribution in [0.2, 0.25) is 0 Å². The smallest absolute Gasteiger partial charge is 0.319 e. The lowest BCUT2D eigenvalue weighted by atomic mass is 9.71. The molecule has 5 heteroatoms. The highest BCUT2D eigenvalue weighted by Crippen LogP contribution is 2.55. The van der Waals surface area contributed by atoms with E-state index in [1.807, 2.05) is 0 Å². The van der Waals surface area contributed by atoms with E-state index in [4.69, 9.17) is 9.47 Å². The second-order valence-corrected chi connectivity index (χ2v) is 6.30. The molecule has 1 aromatic rings. The van der Waals surface area contributed by atoms with E-state index >= 15 is 0 Å². The van der Waals surface area contributed by atoms with Gasteiger partial charge < -0.3 is 9.47 Å². The standard InChI is InChI=1S/C16H25N3O2/c1-4-15(5-2)12-7-8-13(16(6-3,9-12)21-15)20-14-18-10-17-11-19-14/h10-13H,4-9H2,1-3H3. The Hall–Kier alpha value is -1.23. The molecule has 2 heterocycles. The highest BCUT2D eigenvalue weighted by molar-refractivity contribution is 5.10. The molecule has 2 bridgehead atoms. The van der Waals surface area contributed by atoms with Gasteiger partial charge >= 0.3 is 6.01 Å². The molecule has 2 fully saturated rings. The first-order valence-electron chi connectivity index (χ1n) is 8.17. The Morgan fingerprint density at radius 1 is 1.14 bits per heavy atom. The fourth-order valence-corrected chi connectivity index (χ4v) is 4.31. The molecule has 1 aromatic heterocycles. The van der Waals surface area contributed by atoms with Crippen molar-refractivity contribution in [2.75, 3.05) is 0 Å². The van der Waals surface area contributed by atoms with E-state index in [1.165, 1.54) is 19.1 Å². The first-order chi connectivity index (χ1) is 10.2. The number of fused-ring (bicyclic) bond motifs is 2. The van der Waals surface area contributed by atoms with Crippen LogP contribution in [-0.2, 0) is 4.74 Å². The third-order valence-electron chi connectivity index (χ3n) is 5.62. The van der Waals surface area contributed by atoms with Crippen molar-refractivity contribution in [2.24, 2.45) is 5.92 Å². The quantitative estimate of drug-likeness (QED) is 0.834. The Bertz CT molecular complexity index is 478. The van der Waals surface area contributed by atoms with E-state index in [9.17, 15) is 0 Å². The van der Waals surface area contributed by atoms with Gasteiger partial charge in [-0.25, -0.2) is 4.98 Å². The highest BCUT2D eigenvalue weighted by Gasteiger charge is 2.60. The SMILES string of the molecule is CCC1(CC)OC2(CC)CC1CCC2Oc1ncncn1. The first kappa shape index (κ1) is 14.7. The summed E-state index contributed by atoms with van der Waals surface area (Å²) in [5.74, 6) is 0.658. The summed E-state index contributed by atoms with van der Waals surface area (Å²) in [5, 5.41) is 0. The molecule has 0 aromatic carbocycles. The van der Waals surface area contributed by atoms with E-state index in [-0.39, 0.29) is 17.3 Å². The van der Waals surface area contributed by atoms with E-state index in [1.54, 1.807) is 0 Å². The molecule has 3 unspecified atom stereocenters. The van der Waals surface area contributed by atoms with Gasteiger partial charge in [-0.05, 0) is 44.4 Å². The van der Waals surface area contributed by atoms with Gasteiger partial charge in [-0.2, -0.15) is 9.97 Å². The van der Waals surface area contributed by atoms with E-state index in [0.717, 1.165) is 32.1 Å². The maximum atomic E-state index is 6.70. The molecular weight excluding hydrogens is 266 g/mol. The molecular formula is C16H25N3O2. The molecule has 1 aliphatic carbocycles. The zero-order valence-electron chi connectivity index (χ0n) is 13.2. The summed E-state index contributed by atoms with van der Waals surface area (Å²) in [5.41, 5.74) is -0.144. The van der Waals surface area contributed by atoms with Gasteiger partial charge in [0.15, 0.2) is 0 Å². The van der Waals surface area contributed by atoms with Crippen molar-refractivity contribution in [1.82, 2.24) is 15.0 Å². The van der Waals surface area contributed by atoms with Gasteiger partial charge in [0.25, 0.3) is 0 Å². The Balaban J connectivity index is 1.84. The zero-order chi connectivity index (χ0) is 14.9. The third kappa shape index (κ3) is 2.31. The Labute approximate surface area is 126 Å². The minimum Gasteiger partial charge on any atom is -0.457 e. The Morgan fingerprint density at radius 3 is 2.48 bits per heavy atom. The fourth-order valence-electron chi connectivity index (χ4n) is 4.31. The van der Waals surface area contributed by atoms with E-state index < -0.39 is 0 Å². The van der Waals surface area contributed by atoms with Gasteiger partial charge in [0.2, 0.25) is 0 Å². The lowest BCUT2D eigenvalue weighted by Gasteiger charge is -2.38. The van der Waals surface area contributed by atoms with Crippen LogP contribution >= 0.6 is 0 Å². The van der Waals surface area contributed by atoms with E-state index in [2.05, 4.69) is 35.7 Å². The second-order valence-electron chi connectivity index (χ2n) is 6.30.